The van der Waals surface area contributed by atoms with E-state index in [1.165, 1.54) is 32.6 Å². The van der Waals surface area contributed by atoms with Crippen molar-refractivity contribution in [3.05, 3.63) is 29.8 Å². The van der Waals surface area contributed by atoms with E-state index in [1.54, 1.807) is 24.3 Å². The van der Waals surface area contributed by atoms with Crippen molar-refractivity contribution >= 4 is 34.8 Å². The standard InChI is InChI=1S/C19H30N4O2S/c1-4-5-6-7-14(2)13-20-19(26)23-22-18(25)12-16-8-10-17(11-9-16)21-15(3)24/h8-11,14H,4-7,12-13H2,1-3H3,(H,21,24)(H,22,25)(H2,20,23,26)/t14-/m0/s1. The van der Waals surface area contributed by atoms with Crippen LogP contribution in [0.3, 0.4) is 0 Å². The number of hydrogen-bond acceptors (Lipinski definition) is 3. The minimum atomic E-state index is -0.183. The molecule has 1 rings (SSSR count). The second-order valence-corrected chi connectivity index (χ2v) is 6.95. The Bertz CT molecular complexity index is 590. The van der Waals surface area contributed by atoms with E-state index in [2.05, 4.69) is 35.3 Å². The predicted octanol–water partition coefficient (Wildman–Crippen LogP) is 2.90. The number of carbonyl (C=O) groups is 2. The van der Waals surface area contributed by atoms with Crippen molar-refractivity contribution in [1.82, 2.24) is 16.2 Å². The molecule has 0 aliphatic carbocycles. The van der Waals surface area contributed by atoms with Gasteiger partial charge in [-0.1, -0.05) is 45.2 Å². The van der Waals surface area contributed by atoms with Crippen LogP contribution < -0.4 is 21.5 Å². The van der Waals surface area contributed by atoms with Crippen molar-refractivity contribution in [3.8, 4) is 0 Å². The number of nitrogens with one attached hydrogen (secondary N) is 4. The van der Waals surface area contributed by atoms with E-state index in [4.69, 9.17) is 12.2 Å². The van der Waals surface area contributed by atoms with Crippen LogP contribution in [0.15, 0.2) is 24.3 Å². The molecule has 0 radical (unpaired) electrons. The second-order valence-electron chi connectivity index (χ2n) is 6.54. The first-order valence-electron chi connectivity index (χ1n) is 9.10. The van der Waals surface area contributed by atoms with E-state index in [0.717, 1.165) is 12.1 Å². The van der Waals surface area contributed by atoms with Crippen molar-refractivity contribution in [2.75, 3.05) is 11.9 Å². The summed E-state index contributed by atoms with van der Waals surface area (Å²) in [6.45, 7) is 6.63. The van der Waals surface area contributed by atoms with Crippen molar-refractivity contribution in [2.24, 2.45) is 5.92 Å². The molecule has 4 N–H and O–H groups in total. The largest absolute Gasteiger partial charge is 0.361 e. The number of anilines is 1. The number of rotatable bonds is 9. The lowest BCUT2D eigenvalue weighted by Crippen LogP contribution is -2.48. The van der Waals surface area contributed by atoms with Gasteiger partial charge in [0.2, 0.25) is 11.8 Å². The lowest BCUT2D eigenvalue weighted by Gasteiger charge is -2.15. The first-order chi connectivity index (χ1) is 12.4. The van der Waals surface area contributed by atoms with Gasteiger partial charge in [-0.25, -0.2) is 0 Å². The molecule has 0 unspecified atom stereocenters. The fraction of sp³-hybridized carbons (Fsp3) is 0.526. The Morgan fingerprint density at radius 1 is 1.12 bits per heavy atom. The summed E-state index contributed by atoms with van der Waals surface area (Å²) < 4.78 is 0. The van der Waals surface area contributed by atoms with Crippen molar-refractivity contribution < 1.29 is 9.59 Å². The zero-order valence-electron chi connectivity index (χ0n) is 15.9. The maximum atomic E-state index is 12.0. The Morgan fingerprint density at radius 3 is 2.42 bits per heavy atom. The van der Waals surface area contributed by atoms with Crippen LogP contribution in [-0.4, -0.2) is 23.5 Å². The van der Waals surface area contributed by atoms with Gasteiger partial charge in [0.15, 0.2) is 5.11 Å². The van der Waals surface area contributed by atoms with Crippen LogP contribution in [0, 0.1) is 5.92 Å². The monoisotopic (exact) mass is 378 g/mol. The van der Waals surface area contributed by atoms with Crippen LogP contribution in [0.25, 0.3) is 0 Å². The summed E-state index contributed by atoms with van der Waals surface area (Å²) in [5.41, 5.74) is 6.87. The van der Waals surface area contributed by atoms with Gasteiger partial charge in [-0.05, 0) is 42.3 Å². The van der Waals surface area contributed by atoms with Crippen molar-refractivity contribution in [2.45, 2.75) is 52.9 Å². The molecule has 0 aromatic heterocycles. The Hall–Kier alpha value is -2.15. The zero-order valence-corrected chi connectivity index (χ0v) is 16.7. The second kappa shape index (κ2) is 12.2. The van der Waals surface area contributed by atoms with Crippen molar-refractivity contribution in [1.29, 1.82) is 0 Å². The van der Waals surface area contributed by atoms with Gasteiger partial charge in [0.05, 0.1) is 6.42 Å². The van der Waals surface area contributed by atoms with Gasteiger partial charge in [0, 0.05) is 19.2 Å². The van der Waals surface area contributed by atoms with Crippen LogP contribution in [0.4, 0.5) is 5.69 Å². The number of hydrogen-bond donors (Lipinski definition) is 4. The fourth-order valence-corrected chi connectivity index (χ4v) is 2.56. The average molecular weight is 379 g/mol. The van der Waals surface area contributed by atoms with Gasteiger partial charge >= 0.3 is 0 Å². The average Bonchev–Trinajstić information content (AvgIpc) is 2.59. The van der Waals surface area contributed by atoms with E-state index in [0.29, 0.717) is 16.7 Å². The zero-order chi connectivity index (χ0) is 19.4. The molecule has 0 aliphatic heterocycles. The molecule has 0 aliphatic rings. The molecule has 6 nitrogen and oxygen atoms in total. The molecule has 0 bridgehead atoms. The highest BCUT2D eigenvalue weighted by atomic mass is 32.1. The van der Waals surface area contributed by atoms with Crippen LogP contribution in [0.5, 0.6) is 0 Å². The van der Waals surface area contributed by atoms with Gasteiger partial charge < -0.3 is 10.6 Å². The van der Waals surface area contributed by atoms with E-state index >= 15 is 0 Å². The summed E-state index contributed by atoms with van der Waals surface area (Å²) in [6, 6.07) is 7.14. The maximum Gasteiger partial charge on any atom is 0.242 e. The van der Waals surface area contributed by atoms with Gasteiger partial charge in [0.1, 0.15) is 0 Å². The number of carbonyl (C=O) groups excluding carboxylic acids is 2. The molecule has 0 saturated heterocycles. The molecule has 26 heavy (non-hydrogen) atoms. The first-order valence-corrected chi connectivity index (χ1v) is 9.50. The van der Waals surface area contributed by atoms with E-state index in [-0.39, 0.29) is 18.2 Å². The van der Waals surface area contributed by atoms with Crippen LogP contribution in [-0.2, 0) is 16.0 Å². The summed E-state index contributed by atoms with van der Waals surface area (Å²) in [5, 5.41) is 6.23. The molecule has 2 amide bonds. The number of thiocarbonyl (C=S) groups is 1. The maximum absolute atomic E-state index is 12.0. The Kier molecular flexibility index (Phi) is 10.3. The van der Waals surface area contributed by atoms with Gasteiger partial charge in [-0.2, -0.15) is 0 Å². The van der Waals surface area contributed by atoms with Gasteiger partial charge in [0.25, 0.3) is 0 Å². The Morgan fingerprint density at radius 2 is 1.81 bits per heavy atom. The van der Waals surface area contributed by atoms with E-state index in [9.17, 15) is 9.59 Å². The minimum Gasteiger partial charge on any atom is -0.361 e. The lowest BCUT2D eigenvalue weighted by molar-refractivity contribution is -0.121. The number of amides is 2. The third-order valence-corrected chi connectivity index (χ3v) is 4.11. The molecule has 0 heterocycles. The highest BCUT2D eigenvalue weighted by molar-refractivity contribution is 7.80. The molecule has 0 fully saturated rings. The summed E-state index contributed by atoms with van der Waals surface area (Å²) in [5.74, 6) is 0.233. The van der Waals surface area contributed by atoms with Crippen molar-refractivity contribution in [3.63, 3.8) is 0 Å². The van der Waals surface area contributed by atoms with Crippen LogP contribution >= 0.6 is 12.2 Å². The lowest BCUT2D eigenvalue weighted by atomic mass is 10.0. The number of benzene rings is 1. The molecular weight excluding hydrogens is 348 g/mol. The smallest absolute Gasteiger partial charge is 0.242 e. The molecular formula is C19H30N4O2S. The summed E-state index contributed by atoms with van der Waals surface area (Å²) in [6.07, 6.45) is 5.11. The molecule has 0 saturated carbocycles. The molecule has 1 aromatic carbocycles. The molecule has 7 heteroatoms. The molecule has 0 spiro atoms. The molecule has 144 valence electrons. The normalized spacial score (nSPS) is 11.3. The number of unbranched alkanes of at least 4 members (excludes halogenated alkanes) is 2. The van der Waals surface area contributed by atoms with Crippen LogP contribution in [0.2, 0.25) is 0 Å². The predicted molar refractivity (Wildman–Crippen MR) is 110 cm³/mol. The topological polar surface area (TPSA) is 82.3 Å². The highest BCUT2D eigenvalue weighted by Gasteiger charge is 2.06. The van der Waals surface area contributed by atoms with E-state index < -0.39 is 0 Å². The molecule has 1 aromatic rings. The van der Waals surface area contributed by atoms with Crippen LogP contribution in [0.1, 0.15) is 52.0 Å². The molecule has 1 atom stereocenters. The third-order valence-electron chi connectivity index (χ3n) is 3.87. The number of hydrazine groups is 1. The summed E-state index contributed by atoms with van der Waals surface area (Å²) >= 11 is 5.17. The minimum absolute atomic E-state index is 0.125. The Balaban J connectivity index is 2.24. The summed E-state index contributed by atoms with van der Waals surface area (Å²) in [4.78, 5) is 22.9. The highest BCUT2D eigenvalue weighted by Crippen LogP contribution is 2.10. The Labute approximate surface area is 161 Å². The third kappa shape index (κ3) is 9.98. The van der Waals surface area contributed by atoms with E-state index in [1.807, 2.05) is 0 Å². The SMILES string of the molecule is CCCCC[C@H](C)CNC(=S)NNC(=O)Cc1ccc(NC(C)=O)cc1. The quantitative estimate of drug-likeness (QED) is 0.302. The van der Waals surface area contributed by atoms with Gasteiger partial charge in [-0.15, -0.1) is 0 Å². The first kappa shape index (κ1) is 21.9. The summed E-state index contributed by atoms with van der Waals surface area (Å²) in [7, 11) is 0. The fourth-order valence-electron chi connectivity index (χ4n) is 2.42. The van der Waals surface area contributed by atoms with Gasteiger partial charge in [-0.3, -0.25) is 20.4 Å².